The van der Waals surface area contributed by atoms with Crippen molar-refractivity contribution in [1.82, 2.24) is 0 Å². The highest BCUT2D eigenvalue weighted by molar-refractivity contribution is 5.90. The van der Waals surface area contributed by atoms with Crippen LogP contribution in [0.3, 0.4) is 0 Å². The fourth-order valence-electron chi connectivity index (χ4n) is 2.05. The lowest BCUT2D eigenvalue weighted by Gasteiger charge is -2.15. The lowest BCUT2D eigenvalue weighted by atomic mass is 9.90. The molecule has 3 nitrogen and oxygen atoms in total. The zero-order valence-corrected chi connectivity index (χ0v) is 8.91. The van der Waals surface area contributed by atoms with Crippen LogP contribution in [0.2, 0.25) is 0 Å². The number of carbonyl (C=O) groups is 1. The third kappa shape index (κ3) is 4.16. The lowest BCUT2D eigenvalue weighted by molar-refractivity contribution is -0.132. The first-order chi connectivity index (χ1) is 7.24. The molecule has 0 amide bonds. The minimum absolute atomic E-state index is 0.0967. The quantitative estimate of drug-likeness (QED) is 0.559. The Morgan fingerprint density at radius 2 is 1.73 bits per heavy atom. The number of nitriles is 1. The van der Waals surface area contributed by atoms with Crippen molar-refractivity contribution in [3.63, 3.8) is 0 Å². The van der Waals surface area contributed by atoms with Gasteiger partial charge >= 0.3 is 5.97 Å². The molecule has 0 saturated heterocycles. The van der Waals surface area contributed by atoms with E-state index in [2.05, 4.69) is 0 Å². The summed E-state index contributed by atoms with van der Waals surface area (Å²) in [5.74, 6) is -0.810. The Bertz CT molecular complexity index is 280. The predicted molar refractivity (Wildman–Crippen MR) is 57.1 cm³/mol. The summed E-state index contributed by atoms with van der Waals surface area (Å²) in [6.45, 7) is 0. The van der Waals surface area contributed by atoms with Crippen molar-refractivity contribution in [2.24, 2.45) is 5.92 Å². The topological polar surface area (TPSA) is 61.1 Å². The Hall–Kier alpha value is -1.30. The van der Waals surface area contributed by atoms with Crippen molar-refractivity contribution >= 4 is 5.97 Å². The van der Waals surface area contributed by atoms with Crippen LogP contribution in [0.5, 0.6) is 0 Å². The van der Waals surface area contributed by atoms with Gasteiger partial charge in [-0.05, 0) is 18.8 Å². The molecule has 0 bridgehead atoms. The van der Waals surface area contributed by atoms with E-state index < -0.39 is 5.97 Å². The zero-order valence-electron chi connectivity index (χ0n) is 8.91. The zero-order chi connectivity index (χ0) is 11.1. The Morgan fingerprint density at radius 3 is 2.20 bits per heavy atom. The van der Waals surface area contributed by atoms with E-state index in [-0.39, 0.29) is 11.5 Å². The van der Waals surface area contributed by atoms with Crippen LogP contribution >= 0.6 is 0 Å². The van der Waals surface area contributed by atoms with E-state index in [1.807, 2.05) is 0 Å². The summed E-state index contributed by atoms with van der Waals surface area (Å²) in [7, 11) is 0. The second-order valence-corrected chi connectivity index (χ2v) is 4.10. The van der Waals surface area contributed by atoms with E-state index in [1.165, 1.54) is 19.3 Å². The molecule has 15 heavy (non-hydrogen) atoms. The fraction of sp³-hybridized carbons (Fsp3) is 0.667. The van der Waals surface area contributed by atoms with Gasteiger partial charge in [0.25, 0.3) is 0 Å². The summed E-state index contributed by atoms with van der Waals surface area (Å²) in [4.78, 5) is 10.7. The van der Waals surface area contributed by atoms with Gasteiger partial charge in [0, 0.05) is 0 Å². The summed E-state index contributed by atoms with van der Waals surface area (Å²) >= 11 is 0. The van der Waals surface area contributed by atoms with Gasteiger partial charge < -0.3 is 5.11 Å². The Balaban J connectivity index is 2.60. The summed E-state index contributed by atoms with van der Waals surface area (Å²) < 4.78 is 0. The number of allylic oxidation sites excluding steroid dienone is 1. The standard InChI is InChI=1S/C12H17NO2/c13-9-11(12(14)15)8-10-6-4-2-1-3-5-7-10/h8,10H,1-7H2,(H,14,15)/b11-8+. The summed E-state index contributed by atoms with van der Waals surface area (Å²) in [5, 5.41) is 17.4. The molecule has 3 heteroatoms. The second-order valence-electron chi connectivity index (χ2n) is 4.10. The molecule has 0 spiro atoms. The number of aliphatic carboxylic acids is 1. The van der Waals surface area contributed by atoms with Gasteiger partial charge in [0.2, 0.25) is 0 Å². The molecule has 0 atom stereocenters. The van der Waals surface area contributed by atoms with Crippen molar-refractivity contribution in [3.8, 4) is 6.07 Å². The Kier molecular flexibility index (Phi) is 4.89. The fourth-order valence-corrected chi connectivity index (χ4v) is 2.05. The Morgan fingerprint density at radius 1 is 1.20 bits per heavy atom. The van der Waals surface area contributed by atoms with Gasteiger partial charge in [-0.1, -0.05) is 38.2 Å². The summed E-state index contributed by atoms with van der Waals surface area (Å²) in [5.41, 5.74) is -0.0967. The van der Waals surface area contributed by atoms with Crippen molar-refractivity contribution in [3.05, 3.63) is 11.6 Å². The Labute approximate surface area is 90.4 Å². The molecular formula is C12H17NO2. The molecule has 0 aromatic rings. The van der Waals surface area contributed by atoms with Crippen molar-refractivity contribution in [1.29, 1.82) is 5.26 Å². The molecule has 0 radical (unpaired) electrons. The smallest absolute Gasteiger partial charge is 0.346 e. The highest BCUT2D eigenvalue weighted by atomic mass is 16.4. The van der Waals surface area contributed by atoms with E-state index >= 15 is 0 Å². The van der Waals surface area contributed by atoms with Crippen LogP contribution < -0.4 is 0 Å². The number of nitrogens with zero attached hydrogens (tertiary/aromatic N) is 1. The number of hydrogen-bond acceptors (Lipinski definition) is 2. The largest absolute Gasteiger partial charge is 0.477 e. The molecule has 1 saturated carbocycles. The first-order valence-corrected chi connectivity index (χ1v) is 5.59. The molecule has 1 aliphatic carbocycles. The summed E-state index contributed by atoms with van der Waals surface area (Å²) in [6.07, 6.45) is 9.77. The SMILES string of the molecule is N#C/C(=C\C1CCCCCCC1)C(=O)O. The lowest BCUT2D eigenvalue weighted by Crippen LogP contribution is -2.05. The van der Waals surface area contributed by atoms with Crippen LogP contribution in [-0.4, -0.2) is 11.1 Å². The molecule has 0 heterocycles. The highest BCUT2D eigenvalue weighted by Crippen LogP contribution is 2.24. The molecular weight excluding hydrogens is 190 g/mol. The molecule has 1 rings (SSSR count). The highest BCUT2D eigenvalue weighted by Gasteiger charge is 2.13. The average Bonchev–Trinajstić information content (AvgIpc) is 2.15. The van der Waals surface area contributed by atoms with Crippen molar-refractivity contribution < 1.29 is 9.90 Å². The molecule has 0 aromatic heterocycles. The molecule has 0 aliphatic heterocycles. The van der Waals surface area contributed by atoms with Crippen molar-refractivity contribution in [2.45, 2.75) is 44.9 Å². The average molecular weight is 207 g/mol. The number of carboxylic acid groups (broad SMARTS) is 1. The van der Waals surface area contributed by atoms with Crippen LogP contribution in [0.25, 0.3) is 0 Å². The molecule has 1 N–H and O–H groups in total. The van der Waals surface area contributed by atoms with E-state index in [1.54, 1.807) is 12.1 Å². The van der Waals surface area contributed by atoms with Gasteiger partial charge in [-0.25, -0.2) is 4.79 Å². The third-order valence-corrected chi connectivity index (χ3v) is 2.90. The van der Waals surface area contributed by atoms with E-state index in [0.29, 0.717) is 0 Å². The van der Waals surface area contributed by atoms with E-state index in [0.717, 1.165) is 25.7 Å². The van der Waals surface area contributed by atoms with Crippen LogP contribution in [0.1, 0.15) is 44.9 Å². The van der Waals surface area contributed by atoms with Gasteiger partial charge in [0.1, 0.15) is 11.6 Å². The molecule has 82 valence electrons. The first-order valence-electron chi connectivity index (χ1n) is 5.59. The molecule has 0 unspecified atom stereocenters. The van der Waals surface area contributed by atoms with Gasteiger partial charge in [-0.15, -0.1) is 0 Å². The number of rotatable bonds is 2. The maximum absolute atomic E-state index is 10.7. The monoisotopic (exact) mass is 207 g/mol. The van der Waals surface area contributed by atoms with Crippen LogP contribution in [-0.2, 0) is 4.79 Å². The van der Waals surface area contributed by atoms with E-state index in [9.17, 15) is 4.79 Å². The maximum atomic E-state index is 10.7. The minimum atomic E-state index is -1.10. The normalized spacial score (nSPS) is 20.1. The van der Waals surface area contributed by atoms with Gasteiger partial charge in [-0.3, -0.25) is 0 Å². The first kappa shape index (κ1) is 11.8. The van der Waals surface area contributed by atoms with Crippen LogP contribution in [0.15, 0.2) is 11.6 Å². The summed E-state index contributed by atoms with van der Waals surface area (Å²) in [6, 6.07) is 1.75. The minimum Gasteiger partial charge on any atom is -0.477 e. The molecule has 0 aromatic carbocycles. The van der Waals surface area contributed by atoms with Gasteiger partial charge in [0.15, 0.2) is 0 Å². The maximum Gasteiger partial charge on any atom is 0.346 e. The number of carboxylic acids is 1. The van der Waals surface area contributed by atoms with Crippen LogP contribution in [0.4, 0.5) is 0 Å². The van der Waals surface area contributed by atoms with Gasteiger partial charge in [0.05, 0.1) is 0 Å². The molecule has 1 fully saturated rings. The van der Waals surface area contributed by atoms with Crippen molar-refractivity contribution in [2.75, 3.05) is 0 Å². The van der Waals surface area contributed by atoms with Gasteiger partial charge in [-0.2, -0.15) is 5.26 Å². The number of hydrogen-bond donors (Lipinski definition) is 1. The molecule has 1 aliphatic rings. The van der Waals surface area contributed by atoms with E-state index in [4.69, 9.17) is 10.4 Å². The third-order valence-electron chi connectivity index (χ3n) is 2.90. The van der Waals surface area contributed by atoms with Crippen LogP contribution in [0, 0.1) is 17.2 Å². The predicted octanol–water partition coefficient (Wildman–Crippen LogP) is 2.88. The second kappa shape index (κ2) is 6.23.